The molecule has 0 aliphatic carbocycles. The monoisotopic (exact) mass is 310 g/mol. The summed E-state index contributed by atoms with van der Waals surface area (Å²) >= 11 is 0. The second kappa shape index (κ2) is 6.84. The number of anilines is 1. The fourth-order valence-corrected chi connectivity index (χ4v) is 2.82. The van der Waals surface area contributed by atoms with Gasteiger partial charge in [-0.15, -0.1) is 0 Å². The minimum absolute atomic E-state index is 0.00403. The normalized spacial score (nSPS) is 15.0. The third kappa shape index (κ3) is 3.37. The Balaban J connectivity index is 1.84. The van der Waals surface area contributed by atoms with Crippen LogP contribution in [0.2, 0.25) is 0 Å². The molecule has 0 spiro atoms. The number of hydrogen-bond acceptors (Lipinski definition) is 3. The van der Waals surface area contributed by atoms with Crippen LogP contribution in [0.3, 0.4) is 0 Å². The maximum absolute atomic E-state index is 12.3. The third-order valence-electron chi connectivity index (χ3n) is 4.26. The molecule has 1 atom stereocenters. The SMILES string of the molecule is CCC(N)c1ccc2c(c1)N(CCc1ccccc1)C(=O)CO2. The summed E-state index contributed by atoms with van der Waals surface area (Å²) in [5.74, 6) is 0.750. The molecule has 2 aromatic rings. The fraction of sp³-hybridized carbons (Fsp3) is 0.316. The van der Waals surface area contributed by atoms with Crippen LogP contribution in [0, 0.1) is 0 Å². The van der Waals surface area contributed by atoms with Crippen molar-refractivity contribution in [1.82, 2.24) is 0 Å². The van der Waals surface area contributed by atoms with E-state index in [1.54, 1.807) is 0 Å². The van der Waals surface area contributed by atoms with E-state index >= 15 is 0 Å². The fourth-order valence-electron chi connectivity index (χ4n) is 2.82. The van der Waals surface area contributed by atoms with Crippen LogP contribution in [0.1, 0.15) is 30.5 Å². The second-order valence-electron chi connectivity index (χ2n) is 5.81. The first-order chi connectivity index (χ1) is 11.2. The Bertz CT molecular complexity index is 685. The number of rotatable bonds is 5. The maximum atomic E-state index is 12.3. The quantitative estimate of drug-likeness (QED) is 0.923. The van der Waals surface area contributed by atoms with E-state index in [0.29, 0.717) is 6.54 Å². The van der Waals surface area contributed by atoms with Crippen molar-refractivity contribution in [2.45, 2.75) is 25.8 Å². The van der Waals surface area contributed by atoms with Crippen molar-refractivity contribution in [3.8, 4) is 5.75 Å². The maximum Gasteiger partial charge on any atom is 0.265 e. The van der Waals surface area contributed by atoms with E-state index in [1.165, 1.54) is 5.56 Å². The molecule has 2 N–H and O–H groups in total. The number of benzene rings is 2. The number of fused-ring (bicyclic) bond motifs is 1. The molecule has 1 amide bonds. The van der Waals surface area contributed by atoms with E-state index in [1.807, 2.05) is 41.3 Å². The zero-order chi connectivity index (χ0) is 16.2. The lowest BCUT2D eigenvalue weighted by atomic mass is 10.0. The molecule has 0 saturated carbocycles. The van der Waals surface area contributed by atoms with Gasteiger partial charge in [0.15, 0.2) is 6.61 Å². The molecule has 0 bridgehead atoms. The van der Waals surface area contributed by atoms with Gasteiger partial charge in [0.1, 0.15) is 5.75 Å². The topological polar surface area (TPSA) is 55.6 Å². The van der Waals surface area contributed by atoms with Gasteiger partial charge in [-0.2, -0.15) is 0 Å². The zero-order valence-corrected chi connectivity index (χ0v) is 13.4. The molecular formula is C19H22N2O2. The van der Waals surface area contributed by atoms with Crippen LogP contribution in [0.4, 0.5) is 5.69 Å². The molecule has 1 aliphatic heterocycles. The Morgan fingerprint density at radius 2 is 2.00 bits per heavy atom. The van der Waals surface area contributed by atoms with Crippen LogP contribution in [-0.4, -0.2) is 19.1 Å². The number of carbonyl (C=O) groups is 1. The van der Waals surface area contributed by atoms with E-state index in [4.69, 9.17) is 10.5 Å². The smallest absolute Gasteiger partial charge is 0.265 e. The number of nitrogens with zero attached hydrogens (tertiary/aromatic N) is 1. The third-order valence-corrected chi connectivity index (χ3v) is 4.26. The number of ether oxygens (including phenoxy) is 1. The largest absolute Gasteiger partial charge is 0.482 e. The molecule has 4 nitrogen and oxygen atoms in total. The average molecular weight is 310 g/mol. The van der Waals surface area contributed by atoms with Gasteiger partial charge in [0.05, 0.1) is 5.69 Å². The number of hydrogen-bond donors (Lipinski definition) is 1. The summed E-state index contributed by atoms with van der Waals surface area (Å²) in [4.78, 5) is 14.1. The molecule has 23 heavy (non-hydrogen) atoms. The van der Waals surface area contributed by atoms with Gasteiger partial charge < -0.3 is 15.4 Å². The van der Waals surface area contributed by atoms with Crippen LogP contribution < -0.4 is 15.4 Å². The van der Waals surface area contributed by atoms with Gasteiger partial charge in [0.25, 0.3) is 5.91 Å². The second-order valence-corrected chi connectivity index (χ2v) is 5.81. The molecule has 4 heteroatoms. The molecule has 0 saturated heterocycles. The van der Waals surface area contributed by atoms with Crippen LogP contribution in [-0.2, 0) is 11.2 Å². The Kier molecular flexibility index (Phi) is 4.63. The lowest BCUT2D eigenvalue weighted by Crippen LogP contribution is -2.40. The molecule has 3 rings (SSSR count). The van der Waals surface area contributed by atoms with Crippen molar-refractivity contribution in [2.24, 2.45) is 5.73 Å². The van der Waals surface area contributed by atoms with Gasteiger partial charge in [-0.25, -0.2) is 0 Å². The summed E-state index contributed by atoms with van der Waals surface area (Å²) in [6.07, 6.45) is 1.67. The van der Waals surface area contributed by atoms with Gasteiger partial charge in [0, 0.05) is 12.6 Å². The molecule has 1 heterocycles. The average Bonchev–Trinajstić information content (AvgIpc) is 2.60. The predicted octanol–water partition coefficient (Wildman–Crippen LogP) is 3.06. The molecule has 0 aromatic heterocycles. The van der Waals surface area contributed by atoms with Crippen molar-refractivity contribution in [2.75, 3.05) is 18.1 Å². The van der Waals surface area contributed by atoms with Crippen LogP contribution in [0.5, 0.6) is 5.75 Å². The predicted molar refractivity (Wildman–Crippen MR) is 91.7 cm³/mol. The number of carbonyl (C=O) groups excluding carboxylic acids is 1. The first kappa shape index (κ1) is 15.6. The van der Waals surface area contributed by atoms with Gasteiger partial charge >= 0.3 is 0 Å². The van der Waals surface area contributed by atoms with Gasteiger partial charge in [0.2, 0.25) is 0 Å². The number of nitrogens with two attached hydrogens (primary N) is 1. The van der Waals surface area contributed by atoms with Crippen LogP contribution >= 0.6 is 0 Å². The molecule has 1 aliphatic rings. The molecule has 0 fully saturated rings. The Morgan fingerprint density at radius 3 is 2.74 bits per heavy atom. The molecular weight excluding hydrogens is 288 g/mol. The van der Waals surface area contributed by atoms with Crippen molar-refractivity contribution >= 4 is 11.6 Å². The van der Waals surface area contributed by atoms with E-state index in [2.05, 4.69) is 19.1 Å². The highest BCUT2D eigenvalue weighted by Gasteiger charge is 2.26. The Labute approximate surface area is 136 Å². The summed E-state index contributed by atoms with van der Waals surface area (Å²) in [5.41, 5.74) is 9.21. The molecule has 2 aromatic carbocycles. The number of amides is 1. The van der Waals surface area contributed by atoms with Crippen molar-refractivity contribution in [3.63, 3.8) is 0 Å². The van der Waals surface area contributed by atoms with Gasteiger partial charge in [-0.1, -0.05) is 43.3 Å². The highest BCUT2D eigenvalue weighted by molar-refractivity contribution is 5.98. The van der Waals surface area contributed by atoms with E-state index < -0.39 is 0 Å². The summed E-state index contributed by atoms with van der Waals surface area (Å²) in [5, 5.41) is 0. The lowest BCUT2D eigenvalue weighted by Gasteiger charge is -2.30. The molecule has 0 radical (unpaired) electrons. The summed E-state index contributed by atoms with van der Waals surface area (Å²) in [7, 11) is 0. The van der Waals surface area contributed by atoms with E-state index in [0.717, 1.165) is 29.8 Å². The molecule has 1 unspecified atom stereocenters. The van der Waals surface area contributed by atoms with Gasteiger partial charge in [-0.05, 0) is 36.1 Å². The van der Waals surface area contributed by atoms with E-state index in [9.17, 15) is 4.79 Å². The standard InChI is InChI=1S/C19H22N2O2/c1-2-16(20)15-8-9-18-17(12-15)21(19(22)13-23-18)11-10-14-6-4-3-5-7-14/h3-9,12,16H,2,10-11,13,20H2,1H3. The van der Waals surface area contributed by atoms with Crippen LogP contribution in [0.25, 0.3) is 0 Å². The Morgan fingerprint density at radius 1 is 1.22 bits per heavy atom. The summed E-state index contributed by atoms with van der Waals surface area (Å²) < 4.78 is 5.55. The first-order valence-corrected chi connectivity index (χ1v) is 8.05. The zero-order valence-electron chi connectivity index (χ0n) is 13.4. The highest BCUT2D eigenvalue weighted by Crippen LogP contribution is 2.34. The highest BCUT2D eigenvalue weighted by atomic mass is 16.5. The minimum atomic E-state index is -0.0201. The minimum Gasteiger partial charge on any atom is -0.482 e. The summed E-state index contributed by atoms with van der Waals surface area (Å²) in [6.45, 7) is 2.80. The van der Waals surface area contributed by atoms with Crippen molar-refractivity contribution in [1.29, 1.82) is 0 Å². The van der Waals surface area contributed by atoms with Gasteiger partial charge in [-0.3, -0.25) is 4.79 Å². The van der Waals surface area contributed by atoms with Crippen LogP contribution in [0.15, 0.2) is 48.5 Å². The molecule has 120 valence electrons. The first-order valence-electron chi connectivity index (χ1n) is 8.05. The summed E-state index contributed by atoms with van der Waals surface area (Å²) in [6, 6.07) is 16.1. The van der Waals surface area contributed by atoms with E-state index in [-0.39, 0.29) is 18.6 Å². The Hall–Kier alpha value is -2.33. The van der Waals surface area contributed by atoms with Crippen molar-refractivity contribution < 1.29 is 9.53 Å². The lowest BCUT2D eigenvalue weighted by molar-refractivity contribution is -0.121. The van der Waals surface area contributed by atoms with Crippen molar-refractivity contribution in [3.05, 3.63) is 59.7 Å².